The molecule has 7 nitrogen and oxygen atoms in total. The molecule has 3 aromatic rings. The zero-order valence-electron chi connectivity index (χ0n) is 18.1. The molecule has 166 valence electrons. The van der Waals surface area contributed by atoms with Crippen molar-refractivity contribution in [3.8, 4) is 11.4 Å². The molecule has 2 aromatic carbocycles. The van der Waals surface area contributed by atoms with E-state index in [0.717, 1.165) is 61.8 Å². The van der Waals surface area contributed by atoms with Crippen molar-refractivity contribution < 1.29 is 4.74 Å². The third-order valence-electron chi connectivity index (χ3n) is 5.56. The topological polar surface area (TPSA) is 82.4 Å². The molecule has 0 radical (unpaired) electrons. The highest BCUT2D eigenvalue weighted by molar-refractivity contribution is 5.86. The van der Waals surface area contributed by atoms with Crippen LogP contribution in [0.5, 0.6) is 5.75 Å². The number of hydrogen-bond donors (Lipinski definition) is 3. The van der Waals surface area contributed by atoms with Gasteiger partial charge < -0.3 is 20.8 Å². The van der Waals surface area contributed by atoms with Crippen LogP contribution in [0.1, 0.15) is 11.1 Å². The molecule has 0 spiro atoms. The summed E-state index contributed by atoms with van der Waals surface area (Å²) in [5.41, 5.74) is 3.24. The predicted molar refractivity (Wildman–Crippen MR) is 128 cm³/mol. The monoisotopic (exact) mass is 431 g/mol. The van der Waals surface area contributed by atoms with E-state index in [1.807, 2.05) is 48.5 Å². The van der Waals surface area contributed by atoms with Gasteiger partial charge in [-0.1, -0.05) is 30.3 Å². The SMILES string of the molecule is N=Cc1cc(-n2ccc(OCc3ccccc3)cc2=O)ccc1NCCN1CCNCC1. The largest absolute Gasteiger partial charge is 0.489 e. The highest BCUT2D eigenvalue weighted by atomic mass is 16.5. The van der Waals surface area contributed by atoms with Gasteiger partial charge >= 0.3 is 0 Å². The summed E-state index contributed by atoms with van der Waals surface area (Å²) in [6.45, 7) is 6.38. The lowest BCUT2D eigenvalue weighted by Crippen LogP contribution is -2.45. The van der Waals surface area contributed by atoms with Gasteiger partial charge in [0.2, 0.25) is 0 Å². The molecule has 1 fully saturated rings. The Bertz CT molecular complexity index is 1090. The number of pyridine rings is 1. The molecule has 1 aromatic heterocycles. The summed E-state index contributed by atoms with van der Waals surface area (Å²) in [4.78, 5) is 15.1. The number of anilines is 1. The van der Waals surface area contributed by atoms with E-state index in [1.165, 1.54) is 12.3 Å². The molecule has 1 saturated heterocycles. The van der Waals surface area contributed by atoms with Gasteiger partial charge in [0, 0.05) is 74.7 Å². The Morgan fingerprint density at radius 3 is 2.62 bits per heavy atom. The summed E-state index contributed by atoms with van der Waals surface area (Å²) >= 11 is 0. The number of aromatic nitrogens is 1. The molecular formula is C25H29N5O2. The predicted octanol–water partition coefficient (Wildman–Crippen LogP) is 2.73. The van der Waals surface area contributed by atoms with Gasteiger partial charge in [0.05, 0.1) is 0 Å². The van der Waals surface area contributed by atoms with Gasteiger partial charge in [-0.25, -0.2) is 0 Å². The maximum absolute atomic E-state index is 12.7. The second-order valence-corrected chi connectivity index (χ2v) is 7.78. The minimum Gasteiger partial charge on any atom is -0.489 e. The Morgan fingerprint density at radius 2 is 1.88 bits per heavy atom. The van der Waals surface area contributed by atoms with Crippen molar-refractivity contribution in [2.24, 2.45) is 0 Å². The molecule has 2 heterocycles. The summed E-state index contributed by atoms with van der Waals surface area (Å²) in [6, 6.07) is 18.8. The quantitative estimate of drug-likeness (QED) is 0.454. The van der Waals surface area contributed by atoms with Gasteiger partial charge in [0.15, 0.2) is 0 Å². The average molecular weight is 432 g/mol. The zero-order valence-corrected chi connectivity index (χ0v) is 18.1. The van der Waals surface area contributed by atoms with Crippen LogP contribution in [-0.4, -0.2) is 55.0 Å². The van der Waals surface area contributed by atoms with Crippen molar-refractivity contribution in [3.63, 3.8) is 0 Å². The van der Waals surface area contributed by atoms with Crippen LogP contribution in [0.4, 0.5) is 5.69 Å². The average Bonchev–Trinajstić information content (AvgIpc) is 2.84. The summed E-state index contributed by atoms with van der Waals surface area (Å²) in [5, 5.41) is 14.6. The second-order valence-electron chi connectivity index (χ2n) is 7.78. The Kier molecular flexibility index (Phi) is 7.32. The van der Waals surface area contributed by atoms with E-state index >= 15 is 0 Å². The normalized spacial score (nSPS) is 14.1. The molecule has 0 atom stereocenters. The number of hydrogen-bond acceptors (Lipinski definition) is 6. The van der Waals surface area contributed by atoms with Gasteiger partial charge in [-0.2, -0.15) is 0 Å². The van der Waals surface area contributed by atoms with E-state index in [-0.39, 0.29) is 5.56 Å². The molecule has 0 unspecified atom stereocenters. The minimum atomic E-state index is -0.175. The first kappa shape index (κ1) is 21.8. The van der Waals surface area contributed by atoms with Crippen molar-refractivity contribution in [3.05, 3.63) is 88.3 Å². The van der Waals surface area contributed by atoms with Crippen molar-refractivity contribution in [2.45, 2.75) is 6.61 Å². The van der Waals surface area contributed by atoms with Crippen LogP contribution >= 0.6 is 0 Å². The van der Waals surface area contributed by atoms with Crippen molar-refractivity contribution in [1.82, 2.24) is 14.8 Å². The summed E-state index contributed by atoms with van der Waals surface area (Å²) < 4.78 is 7.32. The molecule has 0 saturated carbocycles. The molecule has 0 aliphatic carbocycles. The number of nitrogens with zero attached hydrogens (tertiary/aromatic N) is 2. The molecule has 0 bridgehead atoms. The smallest absolute Gasteiger partial charge is 0.258 e. The molecule has 4 rings (SSSR count). The van der Waals surface area contributed by atoms with Crippen LogP contribution in [0.3, 0.4) is 0 Å². The standard InChI is InChI=1S/C25H29N5O2/c26-18-21-16-22(6-7-24(21)28-11-15-29-13-9-27-10-14-29)30-12-8-23(17-25(30)31)32-19-20-4-2-1-3-5-20/h1-8,12,16-18,26-28H,9-11,13-15,19H2. The van der Waals surface area contributed by atoms with E-state index < -0.39 is 0 Å². The zero-order chi connectivity index (χ0) is 22.2. The first-order valence-corrected chi connectivity index (χ1v) is 10.9. The molecule has 7 heteroatoms. The van der Waals surface area contributed by atoms with Gasteiger partial charge in [-0.15, -0.1) is 0 Å². The van der Waals surface area contributed by atoms with Crippen LogP contribution in [0, 0.1) is 5.41 Å². The molecule has 0 amide bonds. The number of nitrogens with one attached hydrogen (secondary N) is 3. The van der Waals surface area contributed by atoms with Gasteiger partial charge in [0.25, 0.3) is 5.56 Å². The van der Waals surface area contributed by atoms with E-state index in [0.29, 0.717) is 12.4 Å². The van der Waals surface area contributed by atoms with Gasteiger partial charge in [-0.05, 0) is 29.8 Å². The molecule has 1 aliphatic heterocycles. The van der Waals surface area contributed by atoms with Crippen molar-refractivity contribution in [1.29, 1.82) is 5.41 Å². The molecule has 32 heavy (non-hydrogen) atoms. The summed E-state index contributed by atoms with van der Waals surface area (Å²) in [5.74, 6) is 0.536. The minimum absolute atomic E-state index is 0.175. The Hall–Kier alpha value is -3.42. The number of benzene rings is 2. The van der Waals surface area contributed by atoms with Crippen LogP contribution in [0.2, 0.25) is 0 Å². The molecule has 1 aliphatic rings. The van der Waals surface area contributed by atoms with E-state index in [2.05, 4.69) is 15.5 Å². The maximum atomic E-state index is 12.7. The Balaban J connectivity index is 1.41. The summed E-state index contributed by atoms with van der Waals surface area (Å²) in [6.07, 6.45) is 3.03. The second kappa shape index (κ2) is 10.7. The van der Waals surface area contributed by atoms with E-state index in [9.17, 15) is 4.79 Å². The number of rotatable bonds is 9. The van der Waals surface area contributed by atoms with Crippen LogP contribution in [0.25, 0.3) is 5.69 Å². The third-order valence-corrected chi connectivity index (χ3v) is 5.56. The number of ether oxygens (including phenoxy) is 1. The van der Waals surface area contributed by atoms with Gasteiger partial charge in [-0.3, -0.25) is 14.3 Å². The Morgan fingerprint density at radius 1 is 1.06 bits per heavy atom. The van der Waals surface area contributed by atoms with Crippen LogP contribution in [0.15, 0.2) is 71.7 Å². The highest BCUT2D eigenvalue weighted by Gasteiger charge is 2.10. The first-order chi connectivity index (χ1) is 15.7. The fourth-order valence-corrected chi connectivity index (χ4v) is 3.77. The maximum Gasteiger partial charge on any atom is 0.258 e. The Labute approximate surface area is 188 Å². The van der Waals surface area contributed by atoms with E-state index in [1.54, 1.807) is 16.8 Å². The number of piperazine rings is 1. The lowest BCUT2D eigenvalue weighted by atomic mass is 10.1. The third kappa shape index (κ3) is 5.63. The highest BCUT2D eigenvalue weighted by Crippen LogP contribution is 2.19. The summed E-state index contributed by atoms with van der Waals surface area (Å²) in [7, 11) is 0. The fraction of sp³-hybridized carbons (Fsp3) is 0.280. The fourth-order valence-electron chi connectivity index (χ4n) is 3.77. The van der Waals surface area contributed by atoms with Crippen LogP contribution < -0.4 is 20.9 Å². The van der Waals surface area contributed by atoms with Gasteiger partial charge in [0.1, 0.15) is 12.4 Å². The molecule has 3 N–H and O–H groups in total. The lowest BCUT2D eigenvalue weighted by Gasteiger charge is -2.27. The lowest BCUT2D eigenvalue weighted by molar-refractivity contribution is 0.249. The van der Waals surface area contributed by atoms with E-state index in [4.69, 9.17) is 10.1 Å². The van der Waals surface area contributed by atoms with Crippen molar-refractivity contribution >= 4 is 11.9 Å². The molecular weight excluding hydrogens is 402 g/mol. The first-order valence-electron chi connectivity index (χ1n) is 10.9. The van der Waals surface area contributed by atoms with Crippen LogP contribution in [-0.2, 0) is 6.61 Å². The van der Waals surface area contributed by atoms with Crippen molar-refractivity contribution in [2.75, 3.05) is 44.6 Å².